The molecule has 0 amide bonds. The first kappa shape index (κ1) is 15.2. The summed E-state index contributed by atoms with van der Waals surface area (Å²) in [5, 5.41) is 3.34. The minimum atomic E-state index is -0.241. The molecule has 1 aromatic heterocycles. The van der Waals surface area contributed by atoms with Gasteiger partial charge in [-0.3, -0.25) is 0 Å². The SMILES string of the molecule is CCCc1c(NN)ncnc1NC(C)c1ccc(F)cc1. The predicted octanol–water partition coefficient (Wildman–Crippen LogP) is 3.03. The van der Waals surface area contributed by atoms with Crippen LogP contribution in [-0.4, -0.2) is 9.97 Å². The van der Waals surface area contributed by atoms with Crippen molar-refractivity contribution in [3.8, 4) is 0 Å². The van der Waals surface area contributed by atoms with Crippen LogP contribution < -0.4 is 16.6 Å². The minimum absolute atomic E-state index is 0.00160. The lowest BCUT2D eigenvalue weighted by atomic mass is 10.1. The van der Waals surface area contributed by atoms with Crippen molar-refractivity contribution < 1.29 is 4.39 Å². The lowest BCUT2D eigenvalue weighted by Gasteiger charge is -2.18. The first-order valence-electron chi connectivity index (χ1n) is 6.98. The van der Waals surface area contributed by atoms with Gasteiger partial charge in [0.2, 0.25) is 0 Å². The van der Waals surface area contributed by atoms with Crippen molar-refractivity contribution >= 4 is 11.6 Å². The average molecular weight is 289 g/mol. The van der Waals surface area contributed by atoms with Crippen molar-refractivity contribution in [1.82, 2.24) is 9.97 Å². The van der Waals surface area contributed by atoms with Gasteiger partial charge in [-0.2, -0.15) is 0 Å². The van der Waals surface area contributed by atoms with Crippen molar-refractivity contribution in [3.63, 3.8) is 0 Å². The van der Waals surface area contributed by atoms with E-state index in [1.54, 1.807) is 12.1 Å². The van der Waals surface area contributed by atoms with Crippen LogP contribution in [0.2, 0.25) is 0 Å². The lowest BCUT2D eigenvalue weighted by Crippen LogP contribution is -2.15. The molecule has 1 unspecified atom stereocenters. The third-order valence-corrected chi connectivity index (χ3v) is 3.31. The molecule has 1 heterocycles. The zero-order valence-electron chi connectivity index (χ0n) is 12.2. The van der Waals surface area contributed by atoms with Gasteiger partial charge in [0.25, 0.3) is 0 Å². The van der Waals surface area contributed by atoms with Gasteiger partial charge in [-0.1, -0.05) is 25.5 Å². The van der Waals surface area contributed by atoms with Crippen LogP contribution in [0.25, 0.3) is 0 Å². The van der Waals surface area contributed by atoms with E-state index >= 15 is 0 Å². The molecule has 0 saturated heterocycles. The normalized spacial score (nSPS) is 12.0. The van der Waals surface area contributed by atoms with Crippen LogP contribution in [0.3, 0.4) is 0 Å². The number of hydrazine groups is 1. The van der Waals surface area contributed by atoms with Gasteiger partial charge in [0, 0.05) is 11.6 Å². The van der Waals surface area contributed by atoms with Crippen LogP contribution in [0, 0.1) is 5.82 Å². The Balaban J connectivity index is 2.24. The Labute approximate surface area is 123 Å². The number of nitrogen functional groups attached to an aromatic ring is 1. The second kappa shape index (κ2) is 6.99. The highest BCUT2D eigenvalue weighted by molar-refractivity contribution is 5.57. The van der Waals surface area contributed by atoms with Crippen molar-refractivity contribution in [2.75, 3.05) is 10.7 Å². The number of rotatable bonds is 6. The first-order chi connectivity index (χ1) is 10.2. The molecule has 6 heteroatoms. The second-order valence-corrected chi connectivity index (χ2v) is 4.86. The number of hydrogen-bond acceptors (Lipinski definition) is 5. The number of benzene rings is 1. The molecular formula is C15H20FN5. The van der Waals surface area contributed by atoms with Crippen molar-refractivity contribution in [1.29, 1.82) is 0 Å². The number of nitrogens with two attached hydrogens (primary N) is 1. The summed E-state index contributed by atoms with van der Waals surface area (Å²) in [6.07, 6.45) is 3.24. The van der Waals surface area contributed by atoms with Crippen LogP contribution in [0.15, 0.2) is 30.6 Å². The third-order valence-electron chi connectivity index (χ3n) is 3.31. The quantitative estimate of drug-likeness (QED) is 0.563. The maximum Gasteiger partial charge on any atom is 0.148 e. The van der Waals surface area contributed by atoms with E-state index in [4.69, 9.17) is 5.84 Å². The van der Waals surface area contributed by atoms with Crippen LogP contribution in [0.5, 0.6) is 0 Å². The van der Waals surface area contributed by atoms with E-state index in [1.807, 2.05) is 6.92 Å². The molecule has 2 rings (SSSR count). The largest absolute Gasteiger partial charge is 0.363 e. The van der Waals surface area contributed by atoms with Gasteiger partial charge in [0.05, 0.1) is 0 Å². The van der Waals surface area contributed by atoms with Crippen LogP contribution in [-0.2, 0) is 6.42 Å². The molecule has 0 bridgehead atoms. The Hall–Kier alpha value is -2.21. The Morgan fingerprint density at radius 3 is 2.48 bits per heavy atom. The van der Waals surface area contributed by atoms with E-state index in [9.17, 15) is 4.39 Å². The zero-order valence-corrected chi connectivity index (χ0v) is 12.2. The molecule has 2 aromatic rings. The van der Waals surface area contributed by atoms with E-state index in [-0.39, 0.29) is 11.9 Å². The van der Waals surface area contributed by atoms with Gasteiger partial charge in [-0.05, 0) is 31.0 Å². The Kier molecular flexibility index (Phi) is 5.05. The summed E-state index contributed by atoms with van der Waals surface area (Å²) in [5.41, 5.74) is 4.54. The fraction of sp³-hybridized carbons (Fsp3) is 0.333. The van der Waals surface area contributed by atoms with E-state index in [0.29, 0.717) is 5.82 Å². The number of hydrogen-bond donors (Lipinski definition) is 3. The van der Waals surface area contributed by atoms with E-state index in [2.05, 4.69) is 27.6 Å². The van der Waals surface area contributed by atoms with Gasteiger partial charge in [-0.25, -0.2) is 20.2 Å². The number of nitrogens with one attached hydrogen (secondary N) is 2. The topological polar surface area (TPSA) is 75.9 Å². The molecule has 0 radical (unpaired) electrons. The summed E-state index contributed by atoms with van der Waals surface area (Å²) >= 11 is 0. The molecular weight excluding hydrogens is 269 g/mol. The Morgan fingerprint density at radius 1 is 1.19 bits per heavy atom. The summed E-state index contributed by atoms with van der Waals surface area (Å²) in [4.78, 5) is 8.43. The van der Waals surface area contributed by atoms with E-state index in [0.717, 1.165) is 29.8 Å². The van der Waals surface area contributed by atoms with Gasteiger partial charge >= 0.3 is 0 Å². The average Bonchev–Trinajstić information content (AvgIpc) is 2.49. The third kappa shape index (κ3) is 3.66. The van der Waals surface area contributed by atoms with Crippen molar-refractivity contribution in [2.45, 2.75) is 32.7 Å². The highest BCUT2D eigenvalue weighted by Gasteiger charge is 2.13. The highest BCUT2D eigenvalue weighted by Crippen LogP contribution is 2.25. The number of anilines is 2. The van der Waals surface area contributed by atoms with Crippen LogP contribution in [0.4, 0.5) is 16.0 Å². The summed E-state index contributed by atoms with van der Waals surface area (Å²) < 4.78 is 13.0. The number of aromatic nitrogens is 2. The lowest BCUT2D eigenvalue weighted by molar-refractivity contribution is 0.626. The molecule has 21 heavy (non-hydrogen) atoms. The molecule has 0 aliphatic carbocycles. The summed E-state index contributed by atoms with van der Waals surface area (Å²) in [5.74, 6) is 6.63. The van der Waals surface area contributed by atoms with Gasteiger partial charge in [0.1, 0.15) is 23.8 Å². The number of nitrogens with zero attached hydrogens (tertiary/aromatic N) is 2. The minimum Gasteiger partial charge on any atom is -0.363 e. The molecule has 0 aliphatic heterocycles. The Bertz CT molecular complexity index is 585. The standard InChI is InChI=1S/C15H20FN5/c1-3-4-13-14(18-9-19-15(13)21-17)20-10(2)11-5-7-12(16)8-6-11/h5-10H,3-4,17H2,1-2H3,(H2,18,19,20,21). The molecule has 0 aliphatic rings. The summed E-state index contributed by atoms with van der Waals surface area (Å²) in [6, 6.07) is 6.42. The molecule has 1 aromatic carbocycles. The van der Waals surface area contributed by atoms with E-state index in [1.165, 1.54) is 18.5 Å². The van der Waals surface area contributed by atoms with Gasteiger partial charge < -0.3 is 10.7 Å². The maximum atomic E-state index is 13.0. The molecule has 0 spiro atoms. The molecule has 0 fully saturated rings. The smallest absolute Gasteiger partial charge is 0.148 e. The van der Waals surface area contributed by atoms with Gasteiger partial charge in [-0.15, -0.1) is 0 Å². The second-order valence-electron chi connectivity index (χ2n) is 4.86. The Morgan fingerprint density at radius 2 is 1.86 bits per heavy atom. The fourth-order valence-electron chi connectivity index (χ4n) is 2.19. The molecule has 112 valence electrons. The molecule has 0 saturated carbocycles. The summed E-state index contributed by atoms with van der Waals surface area (Å²) in [7, 11) is 0. The van der Waals surface area contributed by atoms with Crippen LogP contribution >= 0.6 is 0 Å². The highest BCUT2D eigenvalue weighted by atomic mass is 19.1. The van der Waals surface area contributed by atoms with Crippen molar-refractivity contribution in [3.05, 3.63) is 47.5 Å². The fourth-order valence-corrected chi connectivity index (χ4v) is 2.19. The van der Waals surface area contributed by atoms with Crippen molar-refractivity contribution in [2.24, 2.45) is 5.84 Å². The summed E-state index contributed by atoms with van der Waals surface area (Å²) in [6.45, 7) is 4.08. The predicted molar refractivity (Wildman–Crippen MR) is 82.3 cm³/mol. The molecule has 5 nitrogen and oxygen atoms in total. The van der Waals surface area contributed by atoms with Crippen LogP contribution in [0.1, 0.15) is 37.4 Å². The van der Waals surface area contributed by atoms with E-state index < -0.39 is 0 Å². The monoisotopic (exact) mass is 289 g/mol. The molecule has 4 N–H and O–H groups in total. The molecule has 1 atom stereocenters. The van der Waals surface area contributed by atoms with Gasteiger partial charge in [0.15, 0.2) is 0 Å². The number of halogens is 1. The maximum absolute atomic E-state index is 13.0. The zero-order chi connectivity index (χ0) is 15.2. The first-order valence-corrected chi connectivity index (χ1v) is 6.98.